The summed E-state index contributed by atoms with van der Waals surface area (Å²) in [5.74, 6) is 0.368. The molecule has 0 aromatic carbocycles. The first-order valence-electron chi connectivity index (χ1n) is 7.25. The zero-order chi connectivity index (χ0) is 16.6. The van der Waals surface area contributed by atoms with E-state index in [-0.39, 0.29) is 0 Å². The predicted molar refractivity (Wildman–Crippen MR) is 83.8 cm³/mol. The molecular formula is C16H23N3O3. The van der Waals surface area contributed by atoms with Gasteiger partial charge in [-0.2, -0.15) is 4.68 Å². The van der Waals surface area contributed by atoms with Crippen molar-refractivity contribution in [3.63, 3.8) is 0 Å². The quantitative estimate of drug-likeness (QED) is 0.865. The van der Waals surface area contributed by atoms with E-state index in [0.717, 1.165) is 10.2 Å². The first kappa shape index (κ1) is 17.7. The third-order valence-electron chi connectivity index (χ3n) is 2.28. The minimum absolute atomic E-state index is 0.368. The van der Waals surface area contributed by atoms with E-state index in [4.69, 9.17) is 9.47 Å². The molecule has 0 aliphatic carbocycles. The molecule has 0 aliphatic heterocycles. The smallest absolute Gasteiger partial charge is 0.435 e. The van der Waals surface area contributed by atoms with Crippen molar-refractivity contribution in [2.75, 3.05) is 0 Å². The van der Waals surface area contributed by atoms with Gasteiger partial charge in [-0.1, -0.05) is 13.8 Å². The largest absolute Gasteiger partial charge is 0.472 e. The lowest BCUT2D eigenvalue weighted by molar-refractivity contribution is 0.0511. The second kappa shape index (κ2) is 8.17. The van der Waals surface area contributed by atoms with Crippen LogP contribution in [0.25, 0.3) is 0 Å². The van der Waals surface area contributed by atoms with Crippen LogP contribution >= 0.6 is 0 Å². The summed E-state index contributed by atoms with van der Waals surface area (Å²) in [6.45, 7) is 9.77. The van der Waals surface area contributed by atoms with Crippen molar-refractivity contribution in [3.05, 3.63) is 42.4 Å². The van der Waals surface area contributed by atoms with Crippen LogP contribution in [0.3, 0.4) is 0 Å². The third-order valence-corrected chi connectivity index (χ3v) is 2.28. The highest BCUT2D eigenvalue weighted by atomic mass is 16.6. The summed E-state index contributed by atoms with van der Waals surface area (Å²) >= 11 is 0. The Hall–Kier alpha value is -2.37. The Morgan fingerprint density at radius 2 is 1.82 bits per heavy atom. The van der Waals surface area contributed by atoms with Crippen LogP contribution in [0.5, 0.6) is 5.88 Å². The lowest BCUT2D eigenvalue weighted by atomic mass is 10.2. The SMILES string of the molecule is CC.CC(C)(C)OC(=O)n1ccc(OCc2ccncc2)n1. The fourth-order valence-electron chi connectivity index (χ4n) is 1.43. The molecule has 0 radical (unpaired) electrons. The summed E-state index contributed by atoms with van der Waals surface area (Å²) < 4.78 is 11.8. The number of aromatic nitrogens is 3. The van der Waals surface area contributed by atoms with Crippen LogP contribution in [0.15, 0.2) is 36.8 Å². The van der Waals surface area contributed by atoms with Crippen molar-refractivity contribution in [3.8, 4) is 5.88 Å². The van der Waals surface area contributed by atoms with Gasteiger partial charge in [-0.05, 0) is 38.5 Å². The van der Waals surface area contributed by atoms with Crippen LogP contribution < -0.4 is 4.74 Å². The molecule has 6 nitrogen and oxygen atoms in total. The van der Waals surface area contributed by atoms with E-state index < -0.39 is 11.7 Å². The Morgan fingerprint density at radius 1 is 1.18 bits per heavy atom. The summed E-state index contributed by atoms with van der Waals surface area (Å²) in [5, 5.41) is 4.01. The Balaban J connectivity index is 0.00000116. The van der Waals surface area contributed by atoms with Crippen molar-refractivity contribution in [1.82, 2.24) is 14.8 Å². The molecule has 0 saturated heterocycles. The van der Waals surface area contributed by atoms with E-state index in [2.05, 4.69) is 10.1 Å². The van der Waals surface area contributed by atoms with Crippen molar-refractivity contribution >= 4 is 6.09 Å². The molecule has 22 heavy (non-hydrogen) atoms. The maximum absolute atomic E-state index is 11.8. The van der Waals surface area contributed by atoms with Crippen molar-refractivity contribution in [2.45, 2.75) is 46.8 Å². The van der Waals surface area contributed by atoms with Gasteiger partial charge in [-0.25, -0.2) is 4.79 Å². The number of carbonyl (C=O) groups excluding carboxylic acids is 1. The minimum atomic E-state index is -0.554. The zero-order valence-electron chi connectivity index (χ0n) is 13.7. The average Bonchev–Trinajstić information content (AvgIpc) is 2.96. The standard InChI is InChI=1S/C14H17N3O3.C2H6/c1-14(2,3)20-13(18)17-9-6-12(16-17)19-10-11-4-7-15-8-5-11;1-2/h4-9H,10H2,1-3H3;1-2H3. The Kier molecular flexibility index (Phi) is 6.56. The van der Waals surface area contributed by atoms with Crippen molar-refractivity contribution < 1.29 is 14.3 Å². The lowest BCUT2D eigenvalue weighted by Crippen LogP contribution is -2.27. The molecule has 0 aliphatic rings. The highest BCUT2D eigenvalue weighted by molar-refractivity contribution is 5.69. The number of ether oxygens (including phenoxy) is 2. The monoisotopic (exact) mass is 305 g/mol. The number of pyridine rings is 1. The van der Waals surface area contributed by atoms with Crippen molar-refractivity contribution in [2.24, 2.45) is 0 Å². The van der Waals surface area contributed by atoms with Crippen LogP contribution in [0.1, 0.15) is 40.2 Å². The zero-order valence-corrected chi connectivity index (χ0v) is 13.7. The number of rotatable bonds is 3. The number of hydrogen-bond donors (Lipinski definition) is 0. The van der Waals surface area contributed by atoms with Crippen LogP contribution in [0.4, 0.5) is 4.79 Å². The Morgan fingerprint density at radius 3 is 2.41 bits per heavy atom. The number of nitrogens with zero attached hydrogens (tertiary/aromatic N) is 3. The fourth-order valence-corrected chi connectivity index (χ4v) is 1.43. The average molecular weight is 305 g/mol. The Bertz CT molecular complexity index is 574. The molecular weight excluding hydrogens is 282 g/mol. The van der Waals surface area contributed by atoms with E-state index in [9.17, 15) is 4.79 Å². The number of hydrogen-bond acceptors (Lipinski definition) is 5. The molecule has 0 spiro atoms. The second-order valence-electron chi connectivity index (χ2n) is 5.22. The van der Waals surface area contributed by atoms with Gasteiger partial charge in [0.1, 0.15) is 12.2 Å². The Labute approximate surface area is 131 Å². The predicted octanol–water partition coefficient (Wildman–Crippen LogP) is 3.67. The summed E-state index contributed by atoms with van der Waals surface area (Å²) in [4.78, 5) is 15.7. The molecule has 120 valence electrons. The van der Waals surface area contributed by atoms with Gasteiger partial charge in [0.15, 0.2) is 0 Å². The van der Waals surface area contributed by atoms with Gasteiger partial charge >= 0.3 is 6.09 Å². The molecule has 0 unspecified atom stereocenters. The van der Waals surface area contributed by atoms with Crippen LogP contribution in [0.2, 0.25) is 0 Å². The van der Waals surface area contributed by atoms with Crippen molar-refractivity contribution in [1.29, 1.82) is 0 Å². The normalized spacial score (nSPS) is 10.4. The highest BCUT2D eigenvalue weighted by Crippen LogP contribution is 2.12. The summed E-state index contributed by atoms with van der Waals surface area (Å²) in [6, 6.07) is 5.32. The molecule has 2 aromatic rings. The van der Waals surface area contributed by atoms with Gasteiger partial charge in [-0.3, -0.25) is 4.98 Å². The van der Waals surface area contributed by atoms with Crippen LogP contribution in [0, 0.1) is 0 Å². The van der Waals surface area contributed by atoms with E-state index in [1.54, 1.807) is 39.2 Å². The molecule has 6 heteroatoms. The number of carbonyl (C=O) groups is 1. The van der Waals surface area contributed by atoms with Gasteiger partial charge < -0.3 is 9.47 Å². The third kappa shape index (κ3) is 5.95. The minimum Gasteiger partial charge on any atom is -0.472 e. The van der Waals surface area contributed by atoms with Gasteiger partial charge in [-0.15, -0.1) is 5.10 Å². The van der Waals surface area contributed by atoms with E-state index >= 15 is 0 Å². The first-order valence-corrected chi connectivity index (χ1v) is 7.25. The van der Waals surface area contributed by atoms with Crippen LogP contribution in [-0.4, -0.2) is 26.5 Å². The first-order chi connectivity index (χ1) is 10.4. The molecule has 0 fully saturated rings. The summed E-state index contributed by atoms with van der Waals surface area (Å²) in [6.07, 6.45) is 4.36. The molecule has 0 N–H and O–H groups in total. The maximum Gasteiger partial charge on any atom is 0.435 e. The van der Waals surface area contributed by atoms with Gasteiger partial charge in [0.2, 0.25) is 5.88 Å². The van der Waals surface area contributed by atoms with Gasteiger partial charge in [0.05, 0.1) is 0 Å². The van der Waals surface area contributed by atoms with E-state index in [0.29, 0.717) is 12.5 Å². The van der Waals surface area contributed by atoms with E-state index in [1.165, 1.54) is 6.20 Å². The summed E-state index contributed by atoms with van der Waals surface area (Å²) in [7, 11) is 0. The molecule has 0 saturated carbocycles. The fraction of sp³-hybridized carbons (Fsp3) is 0.438. The highest BCUT2D eigenvalue weighted by Gasteiger charge is 2.18. The molecule has 2 aromatic heterocycles. The maximum atomic E-state index is 11.8. The second-order valence-corrected chi connectivity index (χ2v) is 5.22. The molecule has 0 bridgehead atoms. The molecule has 2 rings (SSSR count). The van der Waals surface area contributed by atoms with E-state index in [1.807, 2.05) is 26.0 Å². The molecule has 0 amide bonds. The topological polar surface area (TPSA) is 66.2 Å². The lowest BCUT2D eigenvalue weighted by Gasteiger charge is -2.18. The molecule has 0 atom stereocenters. The summed E-state index contributed by atoms with van der Waals surface area (Å²) in [5.41, 5.74) is 0.424. The van der Waals surface area contributed by atoms with Gasteiger partial charge in [0.25, 0.3) is 0 Å². The van der Waals surface area contributed by atoms with Gasteiger partial charge in [0, 0.05) is 24.7 Å². The van der Waals surface area contributed by atoms with Crippen LogP contribution in [-0.2, 0) is 11.3 Å². The molecule has 2 heterocycles.